The van der Waals surface area contributed by atoms with Gasteiger partial charge in [-0.3, -0.25) is 9.59 Å². The predicted molar refractivity (Wildman–Crippen MR) is 159 cm³/mol. The number of benzene rings is 2. The van der Waals surface area contributed by atoms with E-state index in [0.717, 1.165) is 0 Å². The van der Waals surface area contributed by atoms with E-state index in [1.807, 2.05) is 26.0 Å². The number of para-hydroxylation sites is 1. The Morgan fingerprint density at radius 1 is 1.21 bits per heavy atom. The SMILES string of the molecule is COc1cccc(C2OC(CCc3nc(C(O)CC(=O)O)cs3)C(=O)N(CC(C)(C)CO)c3ccc(Cl)cc32)c1OC. The minimum Gasteiger partial charge on any atom is -0.493 e. The van der Waals surface area contributed by atoms with Gasteiger partial charge in [0.15, 0.2) is 11.5 Å². The number of amides is 1. The number of aryl methyl sites for hydroxylation is 1. The van der Waals surface area contributed by atoms with Gasteiger partial charge in [0, 0.05) is 52.2 Å². The van der Waals surface area contributed by atoms with Gasteiger partial charge >= 0.3 is 5.97 Å². The molecule has 4 rings (SSSR count). The Labute approximate surface area is 253 Å². The van der Waals surface area contributed by atoms with Gasteiger partial charge in [-0.05, 0) is 30.7 Å². The molecule has 3 atom stereocenters. The Balaban J connectivity index is 1.76. The molecule has 1 aliphatic rings. The molecule has 12 heteroatoms. The Hall–Kier alpha value is -3.22. The van der Waals surface area contributed by atoms with Crippen molar-refractivity contribution in [1.29, 1.82) is 0 Å². The lowest BCUT2D eigenvalue weighted by Crippen LogP contribution is -2.45. The molecule has 0 saturated carbocycles. The molecule has 10 nitrogen and oxygen atoms in total. The van der Waals surface area contributed by atoms with Crippen molar-refractivity contribution in [2.75, 3.05) is 32.3 Å². The number of rotatable bonds is 12. The minimum atomic E-state index is -1.22. The van der Waals surface area contributed by atoms with E-state index >= 15 is 0 Å². The zero-order valence-corrected chi connectivity index (χ0v) is 25.4. The van der Waals surface area contributed by atoms with Crippen molar-refractivity contribution >= 4 is 40.5 Å². The number of anilines is 1. The molecule has 0 spiro atoms. The number of carboxylic acids is 1. The molecule has 3 aromatic rings. The van der Waals surface area contributed by atoms with Crippen LogP contribution in [-0.2, 0) is 20.7 Å². The summed E-state index contributed by atoms with van der Waals surface area (Å²) in [6, 6.07) is 10.7. The quantitative estimate of drug-likeness (QED) is 0.261. The molecule has 1 aliphatic heterocycles. The largest absolute Gasteiger partial charge is 0.493 e. The fourth-order valence-electron chi connectivity index (χ4n) is 4.88. The molecular formula is C30H35ClN2O8S. The second-order valence-corrected chi connectivity index (χ2v) is 12.2. The average Bonchev–Trinajstić information content (AvgIpc) is 3.41. The Kier molecular flexibility index (Phi) is 10.1. The first-order chi connectivity index (χ1) is 20.0. The van der Waals surface area contributed by atoms with Gasteiger partial charge in [-0.2, -0.15) is 0 Å². The number of carbonyl (C=O) groups is 2. The number of carbonyl (C=O) groups excluding carboxylic acids is 1. The summed E-state index contributed by atoms with van der Waals surface area (Å²) < 4.78 is 17.9. The average molecular weight is 619 g/mol. The van der Waals surface area contributed by atoms with E-state index in [9.17, 15) is 19.8 Å². The lowest BCUT2D eigenvalue weighted by molar-refractivity contribution is -0.139. The molecule has 1 aromatic heterocycles. The molecule has 0 saturated heterocycles. The number of hydrogen-bond acceptors (Lipinski definition) is 9. The highest BCUT2D eigenvalue weighted by Crippen LogP contribution is 2.45. The number of ether oxygens (including phenoxy) is 3. The first kappa shape index (κ1) is 31.7. The van der Waals surface area contributed by atoms with Crippen molar-refractivity contribution in [2.45, 2.75) is 51.4 Å². The number of thiazole rings is 1. The second-order valence-electron chi connectivity index (χ2n) is 10.9. The second kappa shape index (κ2) is 13.4. The van der Waals surface area contributed by atoms with E-state index in [2.05, 4.69) is 4.98 Å². The Morgan fingerprint density at radius 2 is 1.98 bits per heavy atom. The maximum absolute atomic E-state index is 14.2. The summed E-state index contributed by atoms with van der Waals surface area (Å²) in [6.45, 7) is 3.83. The summed E-state index contributed by atoms with van der Waals surface area (Å²) in [5.74, 6) is -0.447. The molecule has 0 radical (unpaired) electrons. The molecule has 0 aliphatic carbocycles. The number of methoxy groups -OCH3 is 2. The molecule has 42 heavy (non-hydrogen) atoms. The minimum absolute atomic E-state index is 0.140. The van der Waals surface area contributed by atoms with Crippen molar-refractivity contribution < 1.29 is 39.1 Å². The highest BCUT2D eigenvalue weighted by Gasteiger charge is 2.39. The van der Waals surface area contributed by atoms with Crippen molar-refractivity contribution in [3.8, 4) is 11.5 Å². The van der Waals surface area contributed by atoms with E-state index in [1.165, 1.54) is 18.4 Å². The smallest absolute Gasteiger partial charge is 0.306 e. The molecule has 2 heterocycles. The number of fused-ring (bicyclic) bond motifs is 1. The summed E-state index contributed by atoms with van der Waals surface area (Å²) in [5.41, 5.74) is 1.57. The third-order valence-electron chi connectivity index (χ3n) is 7.03. The molecule has 2 aromatic carbocycles. The standard InChI is InChI=1S/C30H35ClN2O8S/c1-30(2,16-34)15-33-21-9-8-17(31)12-19(21)27(18-6-5-7-23(39-3)28(18)40-4)41-24(29(33)38)10-11-25-32-20(14-42-25)22(35)13-26(36)37/h5-9,12,14,22,24,27,34-35H,10-11,13,15-16H2,1-4H3,(H,36,37). The number of aromatic nitrogens is 1. The fourth-order valence-corrected chi connectivity index (χ4v) is 5.92. The van der Waals surface area contributed by atoms with Crippen LogP contribution in [0.2, 0.25) is 5.02 Å². The van der Waals surface area contributed by atoms with E-state index in [1.54, 1.807) is 41.7 Å². The summed E-state index contributed by atoms with van der Waals surface area (Å²) in [5, 5.41) is 32.0. The van der Waals surface area contributed by atoms with Crippen LogP contribution in [-0.4, -0.2) is 65.7 Å². The normalized spacial score (nSPS) is 17.9. The number of aliphatic hydroxyl groups excluding tert-OH is 2. The van der Waals surface area contributed by atoms with Crippen molar-refractivity contribution in [3.63, 3.8) is 0 Å². The zero-order valence-electron chi connectivity index (χ0n) is 23.9. The molecule has 3 N–H and O–H groups in total. The highest BCUT2D eigenvalue weighted by atomic mass is 35.5. The molecule has 226 valence electrons. The van der Waals surface area contributed by atoms with E-state index in [-0.39, 0.29) is 31.2 Å². The number of hydrogen-bond donors (Lipinski definition) is 3. The number of halogens is 1. The van der Waals surface area contributed by atoms with Gasteiger partial charge in [0.2, 0.25) is 0 Å². The number of aliphatic carboxylic acids is 1. The topological polar surface area (TPSA) is 139 Å². The van der Waals surface area contributed by atoms with Crippen LogP contribution in [0.5, 0.6) is 11.5 Å². The molecule has 3 unspecified atom stereocenters. The van der Waals surface area contributed by atoms with Gasteiger partial charge in [0.05, 0.1) is 31.3 Å². The molecule has 0 fully saturated rings. The van der Waals surface area contributed by atoms with Crippen LogP contribution in [0, 0.1) is 5.41 Å². The van der Waals surface area contributed by atoms with Crippen LogP contribution in [0.3, 0.4) is 0 Å². The van der Waals surface area contributed by atoms with Gasteiger partial charge in [-0.15, -0.1) is 11.3 Å². The first-order valence-corrected chi connectivity index (χ1v) is 14.7. The number of nitrogens with zero attached hydrogens (tertiary/aromatic N) is 2. The third kappa shape index (κ3) is 7.04. The zero-order chi connectivity index (χ0) is 30.6. The summed E-state index contributed by atoms with van der Waals surface area (Å²) in [7, 11) is 3.08. The molecular weight excluding hydrogens is 584 g/mol. The lowest BCUT2D eigenvalue weighted by Gasteiger charge is -2.32. The lowest BCUT2D eigenvalue weighted by atomic mass is 9.92. The highest BCUT2D eigenvalue weighted by molar-refractivity contribution is 7.09. The first-order valence-electron chi connectivity index (χ1n) is 13.4. The van der Waals surface area contributed by atoms with Crippen molar-refractivity contribution in [1.82, 2.24) is 4.98 Å². The van der Waals surface area contributed by atoms with Crippen LogP contribution in [0.25, 0.3) is 0 Å². The summed E-state index contributed by atoms with van der Waals surface area (Å²) in [6.07, 6.45) is -2.76. The Bertz CT molecular complexity index is 1430. The summed E-state index contributed by atoms with van der Waals surface area (Å²) in [4.78, 5) is 31.3. The van der Waals surface area contributed by atoms with E-state index in [0.29, 0.717) is 44.8 Å². The van der Waals surface area contributed by atoms with Crippen molar-refractivity contribution in [3.05, 3.63) is 68.6 Å². The van der Waals surface area contributed by atoms with Crippen molar-refractivity contribution in [2.24, 2.45) is 5.41 Å². The maximum atomic E-state index is 14.2. The van der Waals surface area contributed by atoms with Gasteiger partial charge in [0.1, 0.15) is 18.3 Å². The van der Waals surface area contributed by atoms with Gasteiger partial charge in [-0.25, -0.2) is 4.98 Å². The monoisotopic (exact) mass is 618 g/mol. The van der Waals surface area contributed by atoms with Crippen LogP contribution in [0.15, 0.2) is 41.8 Å². The fraction of sp³-hybridized carbons (Fsp3) is 0.433. The van der Waals surface area contributed by atoms with Crippen LogP contribution in [0.4, 0.5) is 5.69 Å². The number of aliphatic hydroxyl groups is 2. The predicted octanol–water partition coefficient (Wildman–Crippen LogP) is 4.79. The third-order valence-corrected chi connectivity index (χ3v) is 8.20. The van der Waals surface area contributed by atoms with Crippen LogP contribution in [0.1, 0.15) is 60.7 Å². The maximum Gasteiger partial charge on any atom is 0.306 e. The molecule has 0 bridgehead atoms. The van der Waals surface area contributed by atoms with E-state index in [4.69, 9.17) is 30.9 Å². The summed E-state index contributed by atoms with van der Waals surface area (Å²) >= 11 is 7.76. The van der Waals surface area contributed by atoms with Gasteiger partial charge < -0.3 is 34.4 Å². The van der Waals surface area contributed by atoms with Crippen LogP contribution >= 0.6 is 22.9 Å². The Morgan fingerprint density at radius 3 is 2.64 bits per heavy atom. The van der Waals surface area contributed by atoms with Gasteiger partial charge in [-0.1, -0.05) is 37.6 Å². The van der Waals surface area contributed by atoms with Crippen LogP contribution < -0.4 is 14.4 Å². The number of carboxylic acid groups (broad SMARTS) is 1. The molecule has 1 amide bonds. The van der Waals surface area contributed by atoms with E-state index < -0.39 is 36.1 Å². The van der Waals surface area contributed by atoms with Gasteiger partial charge in [0.25, 0.3) is 5.91 Å².